The lowest BCUT2D eigenvalue weighted by Crippen LogP contribution is -2.47. The largest absolute Gasteiger partial charge is 0.390 e. The van der Waals surface area contributed by atoms with Crippen LogP contribution < -0.4 is 10.6 Å². The van der Waals surface area contributed by atoms with E-state index in [1.165, 1.54) is 12.8 Å². The average molecular weight is 435 g/mol. The van der Waals surface area contributed by atoms with Crippen LogP contribution in [0.3, 0.4) is 0 Å². The third kappa shape index (κ3) is 3.74. The molecule has 4 rings (SSSR count). The van der Waals surface area contributed by atoms with Crippen molar-refractivity contribution in [3.63, 3.8) is 0 Å². The van der Waals surface area contributed by atoms with Gasteiger partial charge < -0.3 is 15.7 Å². The molecule has 1 atom stereocenters. The molecule has 0 amide bonds. The summed E-state index contributed by atoms with van der Waals surface area (Å²) in [7, 11) is 0. The zero-order chi connectivity index (χ0) is 20.8. The maximum absolute atomic E-state index is 10.0. The van der Waals surface area contributed by atoms with E-state index in [0.29, 0.717) is 27.5 Å². The van der Waals surface area contributed by atoms with Crippen LogP contribution in [0.1, 0.15) is 49.1 Å². The van der Waals surface area contributed by atoms with E-state index in [-0.39, 0.29) is 12.0 Å². The third-order valence-corrected chi connectivity index (χ3v) is 7.54. The minimum absolute atomic E-state index is 0.173. The molecule has 0 unspecified atom stereocenters. The highest BCUT2D eigenvalue weighted by molar-refractivity contribution is 6.43. The number of aliphatic hydroxyl groups is 1. The number of nitrogens with two attached hydrogens (primary N) is 1. The van der Waals surface area contributed by atoms with Crippen LogP contribution in [0.25, 0.3) is 11.3 Å². The maximum atomic E-state index is 10.0. The van der Waals surface area contributed by atoms with Crippen LogP contribution in [0, 0.1) is 19.3 Å². The van der Waals surface area contributed by atoms with Crippen LogP contribution in [0.15, 0.2) is 12.1 Å². The Kier molecular flexibility index (Phi) is 5.77. The van der Waals surface area contributed by atoms with Gasteiger partial charge in [-0.15, -0.1) is 0 Å². The molecule has 2 heterocycles. The molecule has 5 nitrogen and oxygen atoms in total. The number of piperidine rings is 1. The van der Waals surface area contributed by atoms with Crippen molar-refractivity contribution >= 4 is 29.0 Å². The second-order valence-corrected chi connectivity index (χ2v) is 9.33. The highest BCUT2D eigenvalue weighted by atomic mass is 35.5. The van der Waals surface area contributed by atoms with Crippen LogP contribution in [0.5, 0.6) is 0 Å². The molecular weight excluding hydrogens is 407 g/mol. The minimum atomic E-state index is -0.173. The molecule has 1 saturated heterocycles. The van der Waals surface area contributed by atoms with Crippen LogP contribution in [0.2, 0.25) is 10.0 Å². The number of anilines is 1. The molecule has 2 aromatic rings. The molecule has 1 aromatic heterocycles. The van der Waals surface area contributed by atoms with Crippen molar-refractivity contribution in [2.45, 2.75) is 58.6 Å². The van der Waals surface area contributed by atoms with E-state index in [1.807, 2.05) is 26.0 Å². The molecule has 156 valence electrons. The zero-order valence-electron chi connectivity index (χ0n) is 17.0. The highest BCUT2D eigenvalue weighted by Crippen LogP contribution is 2.46. The van der Waals surface area contributed by atoms with Crippen LogP contribution in [-0.4, -0.2) is 34.2 Å². The fraction of sp³-hybridized carbons (Fsp3) is 0.545. The van der Waals surface area contributed by atoms with E-state index in [1.54, 1.807) is 0 Å². The van der Waals surface area contributed by atoms with Crippen LogP contribution >= 0.6 is 23.2 Å². The number of hydrogen-bond acceptors (Lipinski definition) is 5. The fourth-order valence-corrected chi connectivity index (χ4v) is 5.48. The molecule has 0 bridgehead atoms. The summed E-state index contributed by atoms with van der Waals surface area (Å²) >= 11 is 12.7. The van der Waals surface area contributed by atoms with Crippen molar-refractivity contribution < 1.29 is 5.11 Å². The summed E-state index contributed by atoms with van der Waals surface area (Å²) in [5.41, 5.74) is 10.5. The summed E-state index contributed by atoms with van der Waals surface area (Å²) in [5.74, 6) is 0.769. The van der Waals surface area contributed by atoms with Crippen LogP contribution in [-0.2, 0) is 6.61 Å². The van der Waals surface area contributed by atoms with Gasteiger partial charge >= 0.3 is 0 Å². The third-order valence-electron chi connectivity index (χ3n) is 6.73. The van der Waals surface area contributed by atoms with Crippen molar-refractivity contribution in [2.75, 3.05) is 18.0 Å². The molecule has 2 fully saturated rings. The van der Waals surface area contributed by atoms with Gasteiger partial charge in [-0.05, 0) is 62.6 Å². The zero-order valence-corrected chi connectivity index (χ0v) is 18.5. The summed E-state index contributed by atoms with van der Waals surface area (Å²) in [4.78, 5) is 11.9. The second kappa shape index (κ2) is 8.03. The SMILES string of the molecule is Cc1cc(Cl)c(Cl)c(-c2nc(CO)c(N3CCC4(CCC[C@H]4N)CC3)nc2C)c1. The van der Waals surface area contributed by atoms with Gasteiger partial charge in [0.05, 0.1) is 28.0 Å². The van der Waals surface area contributed by atoms with E-state index in [2.05, 4.69) is 4.90 Å². The van der Waals surface area contributed by atoms with Gasteiger partial charge in [-0.3, -0.25) is 0 Å². The fourth-order valence-electron chi connectivity index (χ4n) is 5.00. The Labute approximate surface area is 182 Å². The molecule has 2 aliphatic rings. The number of benzene rings is 1. The van der Waals surface area contributed by atoms with Gasteiger partial charge in [-0.25, -0.2) is 9.97 Å². The summed E-state index contributed by atoms with van der Waals surface area (Å²) in [6, 6.07) is 4.10. The molecule has 3 N–H and O–H groups in total. The lowest BCUT2D eigenvalue weighted by Gasteiger charge is -2.42. The average Bonchev–Trinajstić information content (AvgIpc) is 3.05. The van der Waals surface area contributed by atoms with E-state index in [9.17, 15) is 5.11 Å². The van der Waals surface area contributed by atoms with Gasteiger partial charge in [0.25, 0.3) is 0 Å². The Hall–Kier alpha value is -1.40. The molecule has 1 aliphatic heterocycles. The number of halogens is 2. The predicted octanol–water partition coefficient (Wildman–Crippen LogP) is 4.66. The topological polar surface area (TPSA) is 75.3 Å². The molecule has 1 aromatic carbocycles. The van der Waals surface area contributed by atoms with E-state index in [0.717, 1.165) is 55.0 Å². The Morgan fingerprint density at radius 2 is 1.90 bits per heavy atom. The van der Waals surface area contributed by atoms with Gasteiger partial charge in [0, 0.05) is 24.7 Å². The summed E-state index contributed by atoms with van der Waals surface area (Å²) in [6.45, 7) is 5.51. The number of aryl methyl sites for hydroxylation is 2. The van der Waals surface area contributed by atoms with Gasteiger partial charge in [-0.2, -0.15) is 0 Å². The second-order valence-electron chi connectivity index (χ2n) is 8.54. The van der Waals surface area contributed by atoms with Gasteiger partial charge in [0.1, 0.15) is 5.69 Å². The number of hydrogen-bond donors (Lipinski definition) is 2. The van der Waals surface area contributed by atoms with Crippen molar-refractivity contribution in [1.82, 2.24) is 9.97 Å². The number of rotatable bonds is 3. The number of aromatic nitrogens is 2. The van der Waals surface area contributed by atoms with Crippen molar-refractivity contribution in [1.29, 1.82) is 0 Å². The van der Waals surface area contributed by atoms with E-state index in [4.69, 9.17) is 38.9 Å². The van der Waals surface area contributed by atoms with Gasteiger partial charge in [-0.1, -0.05) is 29.6 Å². The van der Waals surface area contributed by atoms with Crippen molar-refractivity contribution in [2.24, 2.45) is 11.1 Å². The lowest BCUT2D eigenvalue weighted by molar-refractivity contribution is 0.196. The number of aliphatic hydroxyl groups excluding tert-OH is 1. The van der Waals surface area contributed by atoms with Gasteiger partial charge in [0.15, 0.2) is 5.82 Å². The smallest absolute Gasteiger partial charge is 0.153 e. The number of nitrogens with zero attached hydrogens (tertiary/aromatic N) is 3. The lowest BCUT2D eigenvalue weighted by atomic mass is 9.74. The molecule has 29 heavy (non-hydrogen) atoms. The van der Waals surface area contributed by atoms with Crippen molar-refractivity contribution in [3.05, 3.63) is 39.1 Å². The summed E-state index contributed by atoms with van der Waals surface area (Å²) in [5, 5.41) is 11.0. The summed E-state index contributed by atoms with van der Waals surface area (Å²) in [6.07, 6.45) is 5.73. The van der Waals surface area contributed by atoms with E-state index >= 15 is 0 Å². The molecule has 7 heteroatoms. The Bertz CT molecular complexity index is 926. The first-order valence-corrected chi connectivity index (χ1v) is 11.0. The Balaban J connectivity index is 1.66. The Morgan fingerprint density at radius 1 is 1.17 bits per heavy atom. The molecule has 1 spiro atoms. The minimum Gasteiger partial charge on any atom is -0.390 e. The molecule has 1 aliphatic carbocycles. The first-order valence-electron chi connectivity index (χ1n) is 10.3. The first-order chi connectivity index (χ1) is 13.8. The molecular formula is C22H28Cl2N4O. The van der Waals surface area contributed by atoms with Gasteiger partial charge in [0.2, 0.25) is 0 Å². The van der Waals surface area contributed by atoms with Crippen molar-refractivity contribution in [3.8, 4) is 11.3 Å². The van der Waals surface area contributed by atoms with Crippen LogP contribution in [0.4, 0.5) is 5.82 Å². The standard InChI is InChI=1S/C22H28Cl2N4O/c1-13-10-15(19(24)16(23)11-13)20-14(2)26-21(17(12-29)27-20)28-8-6-22(7-9-28)5-3-4-18(22)25/h10-11,18,29H,3-9,12,25H2,1-2H3/t18-/m1/s1. The van der Waals surface area contributed by atoms with E-state index < -0.39 is 0 Å². The molecule has 0 radical (unpaired) electrons. The highest BCUT2D eigenvalue weighted by Gasteiger charge is 2.43. The Morgan fingerprint density at radius 3 is 2.52 bits per heavy atom. The predicted molar refractivity (Wildman–Crippen MR) is 119 cm³/mol. The summed E-state index contributed by atoms with van der Waals surface area (Å²) < 4.78 is 0. The molecule has 1 saturated carbocycles. The maximum Gasteiger partial charge on any atom is 0.153 e. The monoisotopic (exact) mass is 434 g/mol. The normalized spacial score (nSPS) is 21.2. The first kappa shape index (κ1) is 20.9. The quantitative estimate of drug-likeness (QED) is 0.734.